The third-order valence-corrected chi connectivity index (χ3v) is 4.28. The van der Waals surface area contributed by atoms with Gasteiger partial charge in [-0.05, 0) is 43.5 Å². The van der Waals surface area contributed by atoms with Crippen LogP contribution in [0, 0.1) is 0 Å². The van der Waals surface area contributed by atoms with Crippen molar-refractivity contribution in [3.8, 4) is 0 Å². The van der Waals surface area contributed by atoms with Gasteiger partial charge in [0, 0.05) is 18.0 Å². The van der Waals surface area contributed by atoms with Crippen molar-refractivity contribution in [1.82, 2.24) is 5.32 Å². The third-order valence-electron chi connectivity index (χ3n) is 4.28. The molecule has 2 aromatic carbocycles. The Morgan fingerprint density at radius 3 is 2.17 bits per heavy atom. The van der Waals surface area contributed by atoms with E-state index in [1.165, 1.54) is 0 Å². The van der Waals surface area contributed by atoms with Crippen LogP contribution in [0.2, 0.25) is 0 Å². The van der Waals surface area contributed by atoms with E-state index < -0.39 is 0 Å². The molecular weight excluding hydrogens is 302 g/mol. The van der Waals surface area contributed by atoms with E-state index >= 15 is 0 Å². The first-order valence-corrected chi connectivity index (χ1v) is 8.34. The maximum atomic E-state index is 12.2. The van der Waals surface area contributed by atoms with Gasteiger partial charge in [0.25, 0.3) is 5.91 Å². The first-order valence-electron chi connectivity index (χ1n) is 8.34. The molecule has 0 aromatic heterocycles. The Labute approximate surface area is 141 Å². The second kappa shape index (κ2) is 7.77. The Kier molecular flexibility index (Phi) is 5.26. The third kappa shape index (κ3) is 4.22. The lowest BCUT2D eigenvalue weighted by Gasteiger charge is -2.29. The molecule has 3 rings (SSSR count). The summed E-state index contributed by atoms with van der Waals surface area (Å²) in [5, 5.41) is 3.05. The highest BCUT2D eigenvalue weighted by Gasteiger charge is 2.26. The van der Waals surface area contributed by atoms with Gasteiger partial charge in [0.1, 0.15) is 6.10 Å². The summed E-state index contributed by atoms with van der Waals surface area (Å²) >= 11 is 0. The zero-order valence-electron chi connectivity index (χ0n) is 13.5. The van der Waals surface area contributed by atoms with Crippen LogP contribution >= 0.6 is 0 Å². The summed E-state index contributed by atoms with van der Waals surface area (Å²) < 4.78 is 5.60. The predicted molar refractivity (Wildman–Crippen MR) is 91.8 cm³/mol. The Balaban J connectivity index is 1.55. The summed E-state index contributed by atoms with van der Waals surface area (Å²) in [6, 6.07) is 18.2. The van der Waals surface area contributed by atoms with E-state index in [4.69, 9.17) is 4.74 Å². The first kappa shape index (κ1) is 16.2. The molecule has 1 saturated carbocycles. The van der Waals surface area contributed by atoms with Crippen LogP contribution in [-0.4, -0.2) is 24.0 Å². The molecule has 24 heavy (non-hydrogen) atoms. The summed E-state index contributed by atoms with van der Waals surface area (Å²) in [4.78, 5) is 24.4. The molecule has 1 N–H and O–H groups in total. The molecule has 0 bridgehead atoms. The molecule has 1 aliphatic rings. The fraction of sp³-hybridized carbons (Fsp3) is 0.300. The molecule has 1 fully saturated rings. The molecule has 1 aliphatic carbocycles. The highest BCUT2D eigenvalue weighted by molar-refractivity contribution is 5.94. The number of esters is 1. The van der Waals surface area contributed by atoms with E-state index in [-0.39, 0.29) is 24.0 Å². The Hall–Kier alpha value is -2.62. The van der Waals surface area contributed by atoms with Crippen molar-refractivity contribution < 1.29 is 14.3 Å². The molecule has 1 amide bonds. The number of hydrogen-bond donors (Lipinski definition) is 1. The fourth-order valence-electron chi connectivity index (χ4n) is 3.04. The lowest BCUT2D eigenvalue weighted by atomic mass is 9.92. The van der Waals surface area contributed by atoms with E-state index in [2.05, 4.69) is 5.32 Å². The minimum atomic E-state index is -0.296. The van der Waals surface area contributed by atoms with Crippen LogP contribution in [-0.2, 0) is 4.74 Å². The van der Waals surface area contributed by atoms with Gasteiger partial charge in [-0.1, -0.05) is 36.4 Å². The maximum Gasteiger partial charge on any atom is 0.338 e. The van der Waals surface area contributed by atoms with Crippen molar-refractivity contribution >= 4 is 11.9 Å². The number of carbonyl (C=O) groups excluding carboxylic acids is 2. The Bertz CT molecular complexity index is 625. The van der Waals surface area contributed by atoms with E-state index in [1.807, 2.05) is 36.4 Å². The highest BCUT2D eigenvalue weighted by Crippen LogP contribution is 2.22. The molecule has 0 saturated heterocycles. The number of hydrogen-bond acceptors (Lipinski definition) is 3. The largest absolute Gasteiger partial charge is 0.459 e. The minimum absolute atomic E-state index is 0.0417. The van der Waals surface area contributed by atoms with Crippen molar-refractivity contribution in [1.29, 1.82) is 0 Å². The van der Waals surface area contributed by atoms with Crippen molar-refractivity contribution in [3.05, 3.63) is 71.8 Å². The molecule has 2 unspecified atom stereocenters. The molecule has 2 atom stereocenters. The summed E-state index contributed by atoms with van der Waals surface area (Å²) in [5.41, 5.74) is 1.22. The highest BCUT2D eigenvalue weighted by atomic mass is 16.5. The average molecular weight is 323 g/mol. The van der Waals surface area contributed by atoms with Crippen LogP contribution in [0.1, 0.15) is 46.4 Å². The van der Waals surface area contributed by atoms with Crippen LogP contribution in [0.5, 0.6) is 0 Å². The van der Waals surface area contributed by atoms with Gasteiger partial charge in [0.15, 0.2) is 0 Å². The molecule has 4 heteroatoms. The molecule has 0 aliphatic heterocycles. The zero-order valence-corrected chi connectivity index (χ0v) is 13.5. The van der Waals surface area contributed by atoms with E-state index in [0.717, 1.165) is 19.3 Å². The van der Waals surface area contributed by atoms with Gasteiger partial charge in [-0.15, -0.1) is 0 Å². The maximum absolute atomic E-state index is 12.2. The van der Waals surface area contributed by atoms with Gasteiger partial charge in [0.2, 0.25) is 0 Å². The molecule has 0 radical (unpaired) electrons. The first-order chi connectivity index (χ1) is 11.7. The molecule has 124 valence electrons. The van der Waals surface area contributed by atoms with E-state index in [9.17, 15) is 9.59 Å². The lowest BCUT2D eigenvalue weighted by molar-refractivity contribution is 0.0175. The summed E-state index contributed by atoms with van der Waals surface area (Å²) in [5.74, 6) is -0.369. The lowest BCUT2D eigenvalue weighted by Crippen LogP contribution is -2.41. The minimum Gasteiger partial charge on any atom is -0.459 e. The number of nitrogens with one attached hydrogen (secondary N) is 1. The standard InChI is InChI=1S/C20H21NO3/c22-19(15-8-3-1-4-9-15)21-17-12-7-13-18(14-17)24-20(23)16-10-5-2-6-11-16/h1-6,8-11,17-18H,7,12-14H2,(H,21,22). The molecular formula is C20H21NO3. The molecule has 0 heterocycles. The molecule has 0 spiro atoms. The fourth-order valence-corrected chi connectivity index (χ4v) is 3.04. The van der Waals surface area contributed by atoms with E-state index in [1.54, 1.807) is 24.3 Å². The quantitative estimate of drug-likeness (QED) is 0.875. The van der Waals surface area contributed by atoms with Gasteiger partial charge < -0.3 is 10.1 Å². The van der Waals surface area contributed by atoms with Crippen LogP contribution in [0.4, 0.5) is 0 Å². The van der Waals surface area contributed by atoms with Gasteiger partial charge >= 0.3 is 5.97 Å². The van der Waals surface area contributed by atoms with Crippen molar-refractivity contribution in [2.75, 3.05) is 0 Å². The summed E-state index contributed by atoms with van der Waals surface area (Å²) in [6.07, 6.45) is 3.21. The second-order valence-corrected chi connectivity index (χ2v) is 6.10. The van der Waals surface area contributed by atoms with Crippen LogP contribution in [0.15, 0.2) is 60.7 Å². The summed E-state index contributed by atoms with van der Waals surface area (Å²) in [6.45, 7) is 0. The predicted octanol–water partition coefficient (Wildman–Crippen LogP) is 3.58. The van der Waals surface area contributed by atoms with Crippen molar-refractivity contribution in [3.63, 3.8) is 0 Å². The number of carbonyl (C=O) groups is 2. The van der Waals surface area contributed by atoms with Crippen molar-refractivity contribution in [2.24, 2.45) is 0 Å². The molecule has 4 nitrogen and oxygen atoms in total. The Morgan fingerprint density at radius 2 is 1.50 bits per heavy atom. The van der Waals surface area contributed by atoms with Crippen LogP contribution in [0.3, 0.4) is 0 Å². The number of amides is 1. The van der Waals surface area contributed by atoms with Crippen LogP contribution < -0.4 is 5.32 Å². The smallest absolute Gasteiger partial charge is 0.338 e. The second-order valence-electron chi connectivity index (χ2n) is 6.10. The van der Waals surface area contributed by atoms with Crippen molar-refractivity contribution in [2.45, 2.75) is 37.8 Å². The monoisotopic (exact) mass is 323 g/mol. The number of rotatable bonds is 4. The SMILES string of the molecule is O=C(NC1CCCC(OC(=O)c2ccccc2)C1)c1ccccc1. The zero-order chi connectivity index (χ0) is 16.8. The number of benzene rings is 2. The number of ether oxygens (including phenoxy) is 1. The topological polar surface area (TPSA) is 55.4 Å². The normalized spacial score (nSPS) is 20.2. The average Bonchev–Trinajstić information content (AvgIpc) is 2.63. The van der Waals surface area contributed by atoms with Gasteiger partial charge in [-0.25, -0.2) is 4.79 Å². The summed E-state index contributed by atoms with van der Waals surface area (Å²) in [7, 11) is 0. The van der Waals surface area contributed by atoms with Gasteiger partial charge in [-0.2, -0.15) is 0 Å². The van der Waals surface area contributed by atoms with E-state index in [0.29, 0.717) is 17.5 Å². The Morgan fingerprint density at radius 1 is 0.875 bits per heavy atom. The van der Waals surface area contributed by atoms with Gasteiger partial charge in [0.05, 0.1) is 5.56 Å². The van der Waals surface area contributed by atoms with Crippen LogP contribution in [0.25, 0.3) is 0 Å². The molecule has 2 aromatic rings. The van der Waals surface area contributed by atoms with Gasteiger partial charge in [-0.3, -0.25) is 4.79 Å².